The van der Waals surface area contributed by atoms with Crippen LogP contribution in [0.1, 0.15) is 65.2 Å². The normalized spacial score (nSPS) is 11.0. The topological polar surface area (TPSA) is 17.1 Å². The van der Waals surface area contributed by atoms with Gasteiger partial charge in [-0.2, -0.15) is 0 Å². The SMILES string of the molecule is CCCCC/C=C/CCCCC(C)=O. The number of hydrogen-bond donors (Lipinski definition) is 0. The van der Waals surface area contributed by atoms with Crippen LogP contribution in [-0.2, 0) is 4.79 Å². The number of hydrogen-bond acceptors (Lipinski definition) is 1. The molecule has 0 rings (SSSR count). The Labute approximate surface area is 88.6 Å². The minimum absolute atomic E-state index is 0.317. The standard InChI is InChI=1S/C13H24O/c1-3-4-5-6-7-8-9-10-11-12-13(2)14/h7-8H,3-6,9-12H2,1-2H3/b8-7+. The van der Waals surface area contributed by atoms with E-state index in [-0.39, 0.29) is 0 Å². The van der Waals surface area contributed by atoms with Crippen LogP contribution < -0.4 is 0 Å². The fraction of sp³-hybridized carbons (Fsp3) is 0.769. The molecule has 82 valence electrons. The lowest BCUT2D eigenvalue weighted by molar-refractivity contribution is -0.117. The molecule has 0 aromatic rings. The molecule has 1 nitrogen and oxygen atoms in total. The summed E-state index contributed by atoms with van der Waals surface area (Å²) < 4.78 is 0. The van der Waals surface area contributed by atoms with Crippen molar-refractivity contribution in [2.75, 3.05) is 0 Å². The predicted molar refractivity (Wildman–Crippen MR) is 62.4 cm³/mol. The number of ketones is 1. The second-order valence-electron chi connectivity index (χ2n) is 3.91. The zero-order valence-corrected chi connectivity index (χ0v) is 9.72. The van der Waals surface area contributed by atoms with Gasteiger partial charge in [0.2, 0.25) is 0 Å². The minimum Gasteiger partial charge on any atom is -0.300 e. The third-order valence-electron chi connectivity index (χ3n) is 2.29. The van der Waals surface area contributed by atoms with Gasteiger partial charge in [-0.3, -0.25) is 0 Å². The Bertz CT molecular complexity index is 159. The second kappa shape index (κ2) is 10.5. The van der Waals surface area contributed by atoms with Crippen LogP contribution in [0.5, 0.6) is 0 Å². The summed E-state index contributed by atoms with van der Waals surface area (Å²) in [6.45, 7) is 3.89. The highest BCUT2D eigenvalue weighted by Crippen LogP contribution is 2.04. The predicted octanol–water partition coefficient (Wildman–Crippen LogP) is 4.27. The van der Waals surface area contributed by atoms with E-state index in [0.29, 0.717) is 5.78 Å². The molecule has 0 heterocycles. The van der Waals surface area contributed by atoms with Crippen molar-refractivity contribution in [1.29, 1.82) is 0 Å². The van der Waals surface area contributed by atoms with Crippen molar-refractivity contribution in [3.8, 4) is 0 Å². The van der Waals surface area contributed by atoms with Gasteiger partial charge in [-0.1, -0.05) is 31.9 Å². The van der Waals surface area contributed by atoms with Crippen LogP contribution in [0.3, 0.4) is 0 Å². The van der Waals surface area contributed by atoms with Gasteiger partial charge in [0, 0.05) is 6.42 Å². The molecule has 0 aromatic heterocycles. The first-order valence-electron chi connectivity index (χ1n) is 5.91. The molecule has 0 saturated heterocycles. The smallest absolute Gasteiger partial charge is 0.129 e. The number of rotatable bonds is 9. The molecule has 0 radical (unpaired) electrons. The maximum Gasteiger partial charge on any atom is 0.129 e. The number of Topliss-reactive ketones (excluding diaryl/α,β-unsaturated/α-hetero) is 1. The van der Waals surface area contributed by atoms with Crippen LogP contribution in [0.4, 0.5) is 0 Å². The Morgan fingerprint density at radius 2 is 1.57 bits per heavy atom. The van der Waals surface area contributed by atoms with E-state index in [1.54, 1.807) is 6.92 Å². The number of carbonyl (C=O) groups excluding carboxylic acids is 1. The van der Waals surface area contributed by atoms with E-state index in [2.05, 4.69) is 19.1 Å². The van der Waals surface area contributed by atoms with Gasteiger partial charge in [0.1, 0.15) is 5.78 Å². The molecule has 0 aliphatic rings. The molecule has 0 aliphatic heterocycles. The van der Waals surface area contributed by atoms with Crippen LogP contribution in [0.2, 0.25) is 0 Å². The fourth-order valence-electron chi connectivity index (χ4n) is 1.38. The molecule has 0 fully saturated rings. The number of allylic oxidation sites excluding steroid dienone is 2. The molecular formula is C13H24O. The molecule has 0 bridgehead atoms. The summed E-state index contributed by atoms with van der Waals surface area (Å²) >= 11 is 0. The highest BCUT2D eigenvalue weighted by Gasteiger charge is 1.91. The monoisotopic (exact) mass is 196 g/mol. The van der Waals surface area contributed by atoms with Crippen molar-refractivity contribution < 1.29 is 4.79 Å². The van der Waals surface area contributed by atoms with Crippen molar-refractivity contribution in [1.82, 2.24) is 0 Å². The lowest BCUT2D eigenvalue weighted by atomic mass is 10.1. The molecule has 0 N–H and O–H groups in total. The molecule has 0 aliphatic carbocycles. The number of unbranched alkanes of at least 4 members (excludes halogenated alkanes) is 5. The van der Waals surface area contributed by atoms with Gasteiger partial charge in [0.15, 0.2) is 0 Å². The second-order valence-corrected chi connectivity index (χ2v) is 3.91. The van der Waals surface area contributed by atoms with E-state index in [4.69, 9.17) is 0 Å². The van der Waals surface area contributed by atoms with Gasteiger partial charge in [-0.05, 0) is 39.0 Å². The van der Waals surface area contributed by atoms with E-state index >= 15 is 0 Å². The average molecular weight is 196 g/mol. The molecule has 0 aromatic carbocycles. The van der Waals surface area contributed by atoms with E-state index in [1.807, 2.05) is 0 Å². The van der Waals surface area contributed by atoms with E-state index < -0.39 is 0 Å². The van der Waals surface area contributed by atoms with Crippen molar-refractivity contribution in [2.45, 2.75) is 65.2 Å². The van der Waals surface area contributed by atoms with Gasteiger partial charge in [0.25, 0.3) is 0 Å². The van der Waals surface area contributed by atoms with Crippen LogP contribution in [0, 0.1) is 0 Å². The van der Waals surface area contributed by atoms with Gasteiger partial charge in [-0.25, -0.2) is 0 Å². The van der Waals surface area contributed by atoms with Crippen LogP contribution >= 0.6 is 0 Å². The third-order valence-corrected chi connectivity index (χ3v) is 2.29. The largest absolute Gasteiger partial charge is 0.300 e. The summed E-state index contributed by atoms with van der Waals surface area (Å²) in [6, 6.07) is 0. The van der Waals surface area contributed by atoms with E-state index in [0.717, 1.165) is 25.7 Å². The lowest BCUT2D eigenvalue weighted by Crippen LogP contribution is -1.88. The Balaban J connectivity index is 3.07. The van der Waals surface area contributed by atoms with Crippen LogP contribution in [0.25, 0.3) is 0 Å². The molecule has 0 spiro atoms. The van der Waals surface area contributed by atoms with Crippen molar-refractivity contribution >= 4 is 5.78 Å². The maximum absolute atomic E-state index is 10.6. The zero-order valence-electron chi connectivity index (χ0n) is 9.72. The van der Waals surface area contributed by atoms with Gasteiger partial charge < -0.3 is 4.79 Å². The molecule has 0 amide bonds. The van der Waals surface area contributed by atoms with Crippen LogP contribution in [-0.4, -0.2) is 5.78 Å². The van der Waals surface area contributed by atoms with E-state index in [9.17, 15) is 4.79 Å². The Kier molecular flexibility index (Phi) is 10.0. The van der Waals surface area contributed by atoms with Crippen molar-refractivity contribution in [2.24, 2.45) is 0 Å². The van der Waals surface area contributed by atoms with Crippen molar-refractivity contribution in [3.63, 3.8) is 0 Å². The van der Waals surface area contributed by atoms with Crippen molar-refractivity contribution in [3.05, 3.63) is 12.2 Å². The first-order chi connectivity index (χ1) is 6.77. The quantitative estimate of drug-likeness (QED) is 0.397. The fourth-order valence-corrected chi connectivity index (χ4v) is 1.38. The Morgan fingerprint density at radius 3 is 2.07 bits per heavy atom. The summed E-state index contributed by atoms with van der Waals surface area (Å²) in [5, 5.41) is 0. The Hall–Kier alpha value is -0.590. The summed E-state index contributed by atoms with van der Waals surface area (Å²) in [7, 11) is 0. The lowest BCUT2D eigenvalue weighted by Gasteiger charge is -1.94. The average Bonchev–Trinajstić information content (AvgIpc) is 2.15. The molecule has 0 atom stereocenters. The van der Waals surface area contributed by atoms with Gasteiger partial charge in [-0.15, -0.1) is 0 Å². The van der Waals surface area contributed by atoms with E-state index in [1.165, 1.54) is 25.7 Å². The third kappa shape index (κ3) is 11.4. The molecule has 14 heavy (non-hydrogen) atoms. The summed E-state index contributed by atoms with van der Waals surface area (Å²) in [5.74, 6) is 0.317. The molecule has 0 unspecified atom stereocenters. The molecule has 0 saturated carbocycles. The van der Waals surface area contributed by atoms with Gasteiger partial charge in [0.05, 0.1) is 0 Å². The zero-order chi connectivity index (χ0) is 10.6. The van der Waals surface area contributed by atoms with Gasteiger partial charge >= 0.3 is 0 Å². The van der Waals surface area contributed by atoms with Crippen LogP contribution in [0.15, 0.2) is 12.2 Å². The highest BCUT2D eigenvalue weighted by molar-refractivity contribution is 5.75. The number of carbonyl (C=O) groups is 1. The highest BCUT2D eigenvalue weighted by atomic mass is 16.1. The summed E-state index contributed by atoms with van der Waals surface area (Å²) in [6.07, 6.45) is 13.8. The minimum atomic E-state index is 0.317. The Morgan fingerprint density at radius 1 is 1.00 bits per heavy atom. The summed E-state index contributed by atoms with van der Waals surface area (Å²) in [4.78, 5) is 10.6. The molecule has 1 heteroatoms. The summed E-state index contributed by atoms with van der Waals surface area (Å²) in [5.41, 5.74) is 0. The first-order valence-corrected chi connectivity index (χ1v) is 5.91. The molecular weight excluding hydrogens is 172 g/mol. The first kappa shape index (κ1) is 13.4. The maximum atomic E-state index is 10.6.